The van der Waals surface area contributed by atoms with Crippen LogP contribution < -0.4 is 4.90 Å². The maximum absolute atomic E-state index is 5.34. The van der Waals surface area contributed by atoms with Crippen LogP contribution in [0.3, 0.4) is 0 Å². The van der Waals surface area contributed by atoms with E-state index in [2.05, 4.69) is 198 Å². The van der Waals surface area contributed by atoms with Crippen molar-refractivity contribution in [2.24, 2.45) is 0 Å². The summed E-state index contributed by atoms with van der Waals surface area (Å²) in [7, 11) is 0. The fourth-order valence-electron chi connectivity index (χ4n) is 7.75. The molecule has 8 aromatic carbocycles. The summed E-state index contributed by atoms with van der Waals surface area (Å²) in [6.45, 7) is 0. The van der Waals surface area contributed by atoms with Crippen molar-refractivity contribution in [3.8, 4) is 16.9 Å². The number of nitrogens with zero attached hydrogens (tertiary/aromatic N) is 3. The average molecular weight is 638 g/mol. The third-order valence-corrected chi connectivity index (χ3v) is 9.93. The van der Waals surface area contributed by atoms with Crippen LogP contribution in [0.2, 0.25) is 0 Å². The molecule has 0 aliphatic heterocycles. The first kappa shape index (κ1) is 28.3. The van der Waals surface area contributed by atoms with Gasteiger partial charge in [0.25, 0.3) is 0 Å². The highest BCUT2D eigenvalue weighted by Gasteiger charge is 2.20. The van der Waals surface area contributed by atoms with E-state index in [0.717, 1.165) is 50.3 Å². The second kappa shape index (κ2) is 11.5. The number of rotatable bonds is 5. The standard InChI is InChI=1S/C47H31N3/c1-3-16-34(17-4-1)49(42-25-13-15-32-14-7-8-20-37(32)42)36-28-26-33(27-29-36)47-40-30-31-44-46(45(40)38-21-9-11-23-41(38)48-47)39-22-10-12-24-43(39)50(44)35-18-5-2-6-19-35/h1-31H. The van der Waals surface area contributed by atoms with Gasteiger partial charge in [0.1, 0.15) is 0 Å². The summed E-state index contributed by atoms with van der Waals surface area (Å²) in [6, 6.07) is 67.2. The van der Waals surface area contributed by atoms with E-state index in [1.165, 1.54) is 38.0 Å². The SMILES string of the molecule is c1ccc(N(c2ccc(-c3nc4ccccc4c4c3ccc3c4c4ccccc4n3-c3ccccc3)cc2)c2cccc3ccccc23)cc1. The summed E-state index contributed by atoms with van der Waals surface area (Å²) in [6.07, 6.45) is 0. The minimum absolute atomic E-state index is 0.986. The highest BCUT2D eigenvalue weighted by Crippen LogP contribution is 2.43. The Morgan fingerprint density at radius 3 is 1.86 bits per heavy atom. The lowest BCUT2D eigenvalue weighted by Gasteiger charge is -2.27. The smallest absolute Gasteiger partial charge is 0.0788 e. The van der Waals surface area contributed by atoms with E-state index in [0.29, 0.717) is 0 Å². The maximum atomic E-state index is 5.34. The predicted molar refractivity (Wildman–Crippen MR) is 211 cm³/mol. The van der Waals surface area contributed by atoms with Crippen LogP contribution in [0.25, 0.3) is 71.2 Å². The summed E-state index contributed by atoms with van der Waals surface area (Å²) >= 11 is 0. The van der Waals surface area contributed by atoms with Gasteiger partial charge in [-0.3, -0.25) is 0 Å². The van der Waals surface area contributed by atoms with Crippen LogP contribution in [0, 0.1) is 0 Å². The van der Waals surface area contributed by atoms with E-state index in [9.17, 15) is 0 Å². The van der Waals surface area contributed by atoms with Gasteiger partial charge in [-0.05, 0) is 66.0 Å². The number of aromatic nitrogens is 2. The van der Waals surface area contributed by atoms with Gasteiger partial charge < -0.3 is 9.47 Å². The first-order valence-corrected chi connectivity index (χ1v) is 17.1. The monoisotopic (exact) mass is 637 g/mol. The third kappa shape index (κ3) is 4.41. The number of benzene rings is 8. The molecule has 0 atom stereocenters. The van der Waals surface area contributed by atoms with Gasteiger partial charge >= 0.3 is 0 Å². The normalized spacial score (nSPS) is 11.6. The van der Waals surface area contributed by atoms with Crippen molar-refractivity contribution in [3.05, 3.63) is 188 Å². The molecule has 0 saturated heterocycles. The van der Waals surface area contributed by atoms with Gasteiger partial charge in [0, 0.05) is 54.9 Å². The second-order valence-corrected chi connectivity index (χ2v) is 12.8. The molecule has 0 fully saturated rings. The van der Waals surface area contributed by atoms with Gasteiger partial charge in [-0.1, -0.05) is 127 Å². The molecule has 2 aromatic heterocycles. The number of fused-ring (bicyclic) bond motifs is 8. The Bertz CT molecular complexity index is 2850. The Kier molecular flexibility index (Phi) is 6.49. The summed E-state index contributed by atoms with van der Waals surface area (Å²) < 4.78 is 2.39. The number of hydrogen-bond acceptors (Lipinski definition) is 2. The van der Waals surface area contributed by atoms with Crippen molar-refractivity contribution in [1.29, 1.82) is 0 Å². The van der Waals surface area contributed by atoms with Gasteiger partial charge in [-0.2, -0.15) is 0 Å². The molecular weight excluding hydrogens is 607 g/mol. The van der Waals surface area contributed by atoms with Crippen molar-refractivity contribution in [1.82, 2.24) is 9.55 Å². The number of pyridine rings is 1. The maximum Gasteiger partial charge on any atom is 0.0788 e. The van der Waals surface area contributed by atoms with E-state index in [-0.39, 0.29) is 0 Å². The van der Waals surface area contributed by atoms with Crippen LogP contribution in [-0.4, -0.2) is 9.55 Å². The molecule has 0 radical (unpaired) electrons. The molecule has 0 aliphatic rings. The first-order valence-electron chi connectivity index (χ1n) is 17.1. The zero-order valence-electron chi connectivity index (χ0n) is 27.2. The Morgan fingerprint density at radius 1 is 0.400 bits per heavy atom. The molecule has 3 nitrogen and oxygen atoms in total. The van der Waals surface area contributed by atoms with Crippen LogP contribution in [0.5, 0.6) is 0 Å². The molecule has 10 rings (SSSR count). The Balaban J connectivity index is 1.20. The minimum atomic E-state index is 0.986. The molecule has 0 N–H and O–H groups in total. The molecule has 0 saturated carbocycles. The average Bonchev–Trinajstić information content (AvgIpc) is 3.53. The van der Waals surface area contributed by atoms with Crippen LogP contribution in [0.1, 0.15) is 0 Å². The molecule has 234 valence electrons. The summed E-state index contributed by atoms with van der Waals surface area (Å²) in [5, 5.41) is 8.47. The zero-order valence-corrected chi connectivity index (χ0v) is 27.2. The van der Waals surface area contributed by atoms with Crippen LogP contribution >= 0.6 is 0 Å². The lowest BCUT2D eigenvalue weighted by atomic mass is 9.96. The van der Waals surface area contributed by atoms with E-state index in [1.54, 1.807) is 0 Å². The molecule has 0 unspecified atom stereocenters. The fourth-order valence-corrected chi connectivity index (χ4v) is 7.75. The molecule has 0 bridgehead atoms. The number of anilines is 3. The molecule has 10 aromatic rings. The number of hydrogen-bond donors (Lipinski definition) is 0. The highest BCUT2D eigenvalue weighted by molar-refractivity contribution is 6.29. The summed E-state index contributed by atoms with van der Waals surface area (Å²) in [5.41, 5.74) is 9.96. The van der Waals surface area contributed by atoms with E-state index in [1.807, 2.05) is 0 Å². The van der Waals surface area contributed by atoms with Gasteiger partial charge in [-0.15, -0.1) is 0 Å². The van der Waals surface area contributed by atoms with E-state index >= 15 is 0 Å². The van der Waals surface area contributed by atoms with Crippen LogP contribution in [0.15, 0.2) is 188 Å². The molecule has 2 heterocycles. The van der Waals surface area contributed by atoms with Gasteiger partial charge in [0.05, 0.1) is 27.9 Å². The van der Waals surface area contributed by atoms with Crippen molar-refractivity contribution >= 4 is 71.3 Å². The molecule has 0 aliphatic carbocycles. The Hall–Kier alpha value is -6.71. The van der Waals surface area contributed by atoms with Gasteiger partial charge in [0.15, 0.2) is 0 Å². The second-order valence-electron chi connectivity index (χ2n) is 12.8. The van der Waals surface area contributed by atoms with E-state index in [4.69, 9.17) is 4.98 Å². The molecule has 0 spiro atoms. The largest absolute Gasteiger partial charge is 0.310 e. The van der Waals surface area contributed by atoms with Crippen molar-refractivity contribution in [3.63, 3.8) is 0 Å². The van der Waals surface area contributed by atoms with Gasteiger partial charge in [0.2, 0.25) is 0 Å². The number of para-hydroxylation sites is 4. The Labute approximate surface area is 289 Å². The topological polar surface area (TPSA) is 21.1 Å². The zero-order chi connectivity index (χ0) is 33.0. The van der Waals surface area contributed by atoms with Crippen LogP contribution in [-0.2, 0) is 0 Å². The van der Waals surface area contributed by atoms with Gasteiger partial charge in [-0.25, -0.2) is 4.98 Å². The molecular formula is C47H31N3. The highest BCUT2D eigenvalue weighted by atomic mass is 15.1. The predicted octanol–water partition coefficient (Wildman–Crippen LogP) is 12.8. The lowest BCUT2D eigenvalue weighted by molar-refractivity contribution is 1.18. The third-order valence-electron chi connectivity index (χ3n) is 9.93. The molecule has 3 heteroatoms. The summed E-state index contributed by atoms with van der Waals surface area (Å²) in [5.74, 6) is 0. The molecule has 50 heavy (non-hydrogen) atoms. The Morgan fingerprint density at radius 2 is 1.04 bits per heavy atom. The van der Waals surface area contributed by atoms with Crippen molar-refractivity contribution in [2.45, 2.75) is 0 Å². The lowest BCUT2D eigenvalue weighted by Crippen LogP contribution is -2.10. The first-order chi connectivity index (χ1) is 24.8. The van der Waals surface area contributed by atoms with Crippen molar-refractivity contribution in [2.75, 3.05) is 4.90 Å². The fraction of sp³-hybridized carbons (Fsp3) is 0. The molecule has 0 amide bonds. The van der Waals surface area contributed by atoms with Crippen molar-refractivity contribution < 1.29 is 0 Å². The minimum Gasteiger partial charge on any atom is -0.310 e. The van der Waals surface area contributed by atoms with E-state index < -0.39 is 0 Å². The quantitative estimate of drug-likeness (QED) is 0.175. The van der Waals surface area contributed by atoms with Crippen LogP contribution in [0.4, 0.5) is 17.1 Å². The summed E-state index contributed by atoms with van der Waals surface area (Å²) in [4.78, 5) is 7.68.